The summed E-state index contributed by atoms with van der Waals surface area (Å²) < 4.78 is 13.2. The number of pyridine rings is 1. The molecular formula is C18H18FN3O3. The van der Waals surface area contributed by atoms with Crippen molar-refractivity contribution in [3.8, 4) is 0 Å². The third kappa shape index (κ3) is 3.31. The van der Waals surface area contributed by atoms with Crippen molar-refractivity contribution in [2.75, 3.05) is 7.05 Å². The van der Waals surface area contributed by atoms with Gasteiger partial charge < -0.3 is 15.2 Å². The lowest BCUT2D eigenvalue weighted by Crippen LogP contribution is -2.40. The van der Waals surface area contributed by atoms with Crippen LogP contribution in [0.4, 0.5) is 4.39 Å². The van der Waals surface area contributed by atoms with Gasteiger partial charge in [0.05, 0.1) is 12.1 Å². The predicted octanol–water partition coefficient (Wildman–Crippen LogP) is 1.52. The Bertz CT molecular complexity index is 876. The second kappa shape index (κ2) is 6.51. The summed E-state index contributed by atoms with van der Waals surface area (Å²) in [5.41, 5.74) is 0.887. The summed E-state index contributed by atoms with van der Waals surface area (Å²) in [6.45, 7) is 1.72. The minimum atomic E-state index is -0.540. The van der Waals surface area contributed by atoms with Gasteiger partial charge in [-0.3, -0.25) is 14.4 Å². The summed E-state index contributed by atoms with van der Waals surface area (Å²) in [7, 11) is 1.64. The fraction of sp³-hybridized carbons (Fsp3) is 0.278. The van der Waals surface area contributed by atoms with Gasteiger partial charge in [-0.25, -0.2) is 4.39 Å². The number of nitrogens with one attached hydrogen (secondary N) is 2. The van der Waals surface area contributed by atoms with Gasteiger partial charge in [0, 0.05) is 19.2 Å². The molecule has 7 heteroatoms. The van der Waals surface area contributed by atoms with Gasteiger partial charge in [-0.05, 0) is 36.8 Å². The van der Waals surface area contributed by atoms with E-state index >= 15 is 0 Å². The minimum Gasteiger partial charge on any atom is -0.346 e. The highest BCUT2D eigenvalue weighted by molar-refractivity contribution is 5.94. The second-order valence-corrected chi connectivity index (χ2v) is 6.17. The molecule has 2 atom stereocenters. The molecule has 1 aromatic heterocycles. The zero-order chi connectivity index (χ0) is 18.1. The summed E-state index contributed by atoms with van der Waals surface area (Å²) in [6, 6.07) is 7.99. The minimum absolute atomic E-state index is 0.00884. The van der Waals surface area contributed by atoms with Crippen LogP contribution in [0, 0.1) is 12.7 Å². The Kier molecular flexibility index (Phi) is 4.39. The topological polar surface area (TPSA) is 82.3 Å². The number of aromatic nitrogens is 1. The quantitative estimate of drug-likeness (QED) is 0.887. The highest BCUT2D eigenvalue weighted by atomic mass is 19.1. The first-order chi connectivity index (χ1) is 11.9. The molecule has 0 aliphatic carbocycles. The molecule has 2 aromatic rings. The number of carbonyl (C=O) groups is 2. The largest absolute Gasteiger partial charge is 0.346 e. The first-order valence-corrected chi connectivity index (χ1v) is 7.88. The van der Waals surface area contributed by atoms with E-state index in [0.29, 0.717) is 5.69 Å². The number of benzene rings is 1. The van der Waals surface area contributed by atoms with E-state index in [-0.39, 0.29) is 23.7 Å². The van der Waals surface area contributed by atoms with E-state index in [9.17, 15) is 18.8 Å². The van der Waals surface area contributed by atoms with Crippen LogP contribution in [0.3, 0.4) is 0 Å². The van der Waals surface area contributed by atoms with Gasteiger partial charge >= 0.3 is 0 Å². The molecule has 1 aliphatic heterocycles. The van der Waals surface area contributed by atoms with E-state index in [2.05, 4.69) is 10.3 Å². The molecule has 2 heterocycles. The molecule has 6 nitrogen and oxygen atoms in total. The normalized spacial score (nSPS) is 20.0. The van der Waals surface area contributed by atoms with E-state index in [1.54, 1.807) is 32.2 Å². The van der Waals surface area contributed by atoms with Gasteiger partial charge in [0.1, 0.15) is 11.4 Å². The lowest BCUT2D eigenvalue weighted by molar-refractivity contribution is -0.127. The number of aryl methyl sites for hydroxylation is 1. The van der Waals surface area contributed by atoms with Crippen LogP contribution in [0.2, 0.25) is 0 Å². The van der Waals surface area contributed by atoms with Gasteiger partial charge in [-0.2, -0.15) is 0 Å². The zero-order valence-electron chi connectivity index (χ0n) is 13.9. The van der Waals surface area contributed by atoms with E-state index in [1.165, 1.54) is 23.1 Å². The first kappa shape index (κ1) is 16.9. The Labute approximate surface area is 143 Å². The smallest absolute Gasteiger partial charge is 0.260 e. The van der Waals surface area contributed by atoms with Crippen molar-refractivity contribution in [3.63, 3.8) is 0 Å². The number of amides is 2. The van der Waals surface area contributed by atoms with Gasteiger partial charge in [0.2, 0.25) is 5.91 Å². The fourth-order valence-corrected chi connectivity index (χ4v) is 3.11. The number of likely N-dealkylation sites (tertiary alicyclic amines) is 1. The Morgan fingerprint density at radius 2 is 1.88 bits per heavy atom. The molecular weight excluding hydrogens is 325 g/mol. The number of rotatable bonds is 3. The van der Waals surface area contributed by atoms with Crippen LogP contribution in [0.5, 0.6) is 0 Å². The number of hydrogen-bond acceptors (Lipinski definition) is 3. The molecule has 1 saturated heterocycles. The molecule has 2 N–H and O–H groups in total. The molecule has 0 unspecified atom stereocenters. The number of carbonyl (C=O) groups excluding carboxylic acids is 2. The Morgan fingerprint density at radius 1 is 1.20 bits per heavy atom. The van der Waals surface area contributed by atoms with Crippen molar-refractivity contribution in [3.05, 3.63) is 69.4 Å². The van der Waals surface area contributed by atoms with E-state index in [0.717, 1.165) is 5.56 Å². The van der Waals surface area contributed by atoms with Crippen molar-refractivity contribution in [2.45, 2.75) is 25.4 Å². The molecule has 1 aliphatic rings. The maximum atomic E-state index is 13.2. The van der Waals surface area contributed by atoms with Crippen LogP contribution in [0.1, 0.15) is 34.1 Å². The fourth-order valence-electron chi connectivity index (χ4n) is 3.11. The average Bonchev–Trinajstić information content (AvgIpc) is 2.82. The molecule has 1 aromatic carbocycles. The van der Waals surface area contributed by atoms with Crippen molar-refractivity contribution in [2.24, 2.45) is 0 Å². The summed E-state index contributed by atoms with van der Waals surface area (Å²) in [5.74, 6) is -1.04. The standard InChI is InChI=1S/C18H18FN3O3/c1-10-3-8-13(17(24)20-10)18(25)21-14-9-15(23)22(2)16(14)11-4-6-12(19)7-5-11/h3-8,14,16H,9H2,1-2H3,(H,20,24)(H,21,25)/t14-,16-/m0/s1. The van der Waals surface area contributed by atoms with Crippen LogP contribution >= 0.6 is 0 Å². The molecule has 2 amide bonds. The van der Waals surface area contributed by atoms with Crippen LogP contribution in [-0.4, -0.2) is 34.8 Å². The summed E-state index contributed by atoms with van der Waals surface area (Å²) in [5, 5.41) is 2.76. The molecule has 1 fully saturated rings. The monoisotopic (exact) mass is 343 g/mol. The molecule has 130 valence electrons. The van der Waals surface area contributed by atoms with Crippen molar-refractivity contribution in [1.82, 2.24) is 15.2 Å². The van der Waals surface area contributed by atoms with Crippen molar-refractivity contribution < 1.29 is 14.0 Å². The lowest BCUT2D eigenvalue weighted by Gasteiger charge is -2.26. The number of aromatic amines is 1. The molecule has 0 bridgehead atoms. The summed E-state index contributed by atoms with van der Waals surface area (Å²) in [4.78, 5) is 40.6. The van der Waals surface area contributed by atoms with Crippen LogP contribution in [0.25, 0.3) is 0 Å². The number of nitrogens with zero attached hydrogens (tertiary/aromatic N) is 1. The Hall–Kier alpha value is -2.96. The first-order valence-electron chi connectivity index (χ1n) is 7.88. The Balaban J connectivity index is 1.86. The molecule has 0 saturated carbocycles. The number of hydrogen-bond donors (Lipinski definition) is 2. The SMILES string of the molecule is Cc1ccc(C(=O)N[C@H]2CC(=O)N(C)[C@H]2c2ccc(F)cc2)c(=O)[nH]1. The van der Waals surface area contributed by atoms with Crippen LogP contribution in [-0.2, 0) is 4.79 Å². The van der Waals surface area contributed by atoms with Gasteiger partial charge in [0.15, 0.2) is 0 Å². The van der Waals surface area contributed by atoms with Crippen molar-refractivity contribution in [1.29, 1.82) is 0 Å². The predicted molar refractivity (Wildman–Crippen MR) is 89.6 cm³/mol. The zero-order valence-corrected chi connectivity index (χ0v) is 13.9. The van der Waals surface area contributed by atoms with Gasteiger partial charge in [-0.1, -0.05) is 12.1 Å². The highest BCUT2D eigenvalue weighted by Gasteiger charge is 2.39. The highest BCUT2D eigenvalue weighted by Crippen LogP contribution is 2.32. The van der Waals surface area contributed by atoms with E-state index in [1.807, 2.05) is 0 Å². The maximum absolute atomic E-state index is 13.2. The Morgan fingerprint density at radius 3 is 2.52 bits per heavy atom. The third-order valence-electron chi connectivity index (χ3n) is 4.41. The van der Waals surface area contributed by atoms with E-state index in [4.69, 9.17) is 0 Å². The summed E-state index contributed by atoms with van der Waals surface area (Å²) >= 11 is 0. The van der Waals surface area contributed by atoms with Gasteiger partial charge in [-0.15, -0.1) is 0 Å². The molecule has 3 rings (SSSR count). The van der Waals surface area contributed by atoms with Gasteiger partial charge in [0.25, 0.3) is 11.5 Å². The van der Waals surface area contributed by atoms with Crippen LogP contribution in [0.15, 0.2) is 41.2 Å². The average molecular weight is 343 g/mol. The van der Waals surface area contributed by atoms with Crippen LogP contribution < -0.4 is 10.9 Å². The molecule has 0 radical (unpaired) electrons. The number of H-pyrrole nitrogens is 1. The van der Waals surface area contributed by atoms with E-state index < -0.39 is 23.6 Å². The molecule has 25 heavy (non-hydrogen) atoms. The lowest BCUT2D eigenvalue weighted by atomic mass is 9.99. The second-order valence-electron chi connectivity index (χ2n) is 6.17. The van der Waals surface area contributed by atoms with Crippen molar-refractivity contribution >= 4 is 11.8 Å². The maximum Gasteiger partial charge on any atom is 0.260 e. The third-order valence-corrected chi connectivity index (χ3v) is 4.41. The number of likely N-dealkylation sites (N-methyl/N-ethyl adjacent to an activating group) is 1. The number of halogens is 1. The molecule has 0 spiro atoms. The summed E-state index contributed by atoms with van der Waals surface area (Å²) in [6.07, 6.45) is 0.119.